The maximum absolute atomic E-state index is 13.0. The summed E-state index contributed by atoms with van der Waals surface area (Å²) in [6.45, 7) is 8.80. The average molecular weight is 378 g/mol. The van der Waals surface area contributed by atoms with E-state index in [9.17, 15) is 9.18 Å². The van der Waals surface area contributed by atoms with Crippen LogP contribution in [-0.2, 0) is 0 Å². The molecular weight excluding hydrogens is 358 g/mol. The van der Waals surface area contributed by atoms with E-state index in [1.165, 1.54) is 18.2 Å². The average Bonchev–Trinajstić information content (AvgIpc) is 2.37. The Morgan fingerprint density at radius 3 is 2.58 bits per heavy atom. The van der Waals surface area contributed by atoms with Crippen LogP contribution in [0.3, 0.4) is 0 Å². The fraction of sp³-hybridized carbons (Fsp3) is 0.500. The lowest BCUT2D eigenvalue weighted by molar-refractivity contribution is 0.0937. The van der Waals surface area contributed by atoms with Gasteiger partial charge < -0.3 is 5.32 Å². The maximum Gasteiger partial charge on any atom is 0.252 e. The third-order valence-corrected chi connectivity index (χ3v) is 4.06. The van der Waals surface area contributed by atoms with E-state index in [0.29, 0.717) is 15.7 Å². The van der Waals surface area contributed by atoms with Gasteiger partial charge in [-0.15, -0.1) is 0 Å². The second kappa shape index (κ2) is 7.79. The lowest BCUT2D eigenvalue weighted by atomic mass is 10.2. The molecule has 0 unspecified atom stereocenters. The van der Waals surface area contributed by atoms with Gasteiger partial charge in [-0.05, 0) is 60.8 Å². The summed E-state index contributed by atoms with van der Waals surface area (Å²) in [5, 5.41) is 2.90. The molecule has 5 heteroatoms. The molecule has 0 aliphatic rings. The monoisotopic (exact) mass is 378 g/mol. The molecule has 0 spiro atoms. The van der Waals surface area contributed by atoms with Gasteiger partial charge in [0.05, 0.1) is 5.56 Å². The predicted molar refractivity (Wildman–Crippen MR) is 83.8 cm³/mol. The zero-order valence-electron chi connectivity index (χ0n) is 11.5. The highest BCUT2D eigenvalue weighted by molar-refractivity contribution is 14.1. The molecule has 1 rings (SSSR count). The molecule has 0 aromatic heterocycles. The Bertz CT molecular complexity index is 435. The largest absolute Gasteiger partial charge is 0.350 e. The topological polar surface area (TPSA) is 32.3 Å². The second-order valence-corrected chi connectivity index (χ2v) is 5.57. The summed E-state index contributed by atoms with van der Waals surface area (Å²) in [6.07, 6.45) is 0. The van der Waals surface area contributed by atoms with Gasteiger partial charge in [0.25, 0.3) is 5.91 Å². The first-order valence-corrected chi connectivity index (χ1v) is 7.54. The summed E-state index contributed by atoms with van der Waals surface area (Å²) in [4.78, 5) is 14.3. The first-order valence-electron chi connectivity index (χ1n) is 6.46. The molecule has 0 aliphatic carbocycles. The quantitative estimate of drug-likeness (QED) is 0.773. The fourth-order valence-corrected chi connectivity index (χ4v) is 2.71. The molecule has 106 valence electrons. The number of rotatable bonds is 6. The van der Waals surface area contributed by atoms with Crippen molar-refractivity contribution in [2.45, 2.75) is 26.8 Å². The number of hydrogen-bond donors (Lipinski definition) is 1. The number of carbonyl (C=O) groups is 1. The molecule has 1 atom stereocenters. The van der Waals surface area contributed by atoms with Crippen LogP contribution in [0.2, 0.25) is 0 Å². The van der Waals surface area contributed by atoms with Crippen LogP contribution in [0.1, 0.15) is 31.1 Å². The number of likely N-dealkylation sites (N-methyl/N-ethyl adjacent to an activating group) is 1. The number of nitrogens with zero attached hydrogens (tertiary/aromatic N) is 1. The molecule has 0 saturated heterocycles. The summed E-state index contributed by atoms with van der Waals surface area (Å²) < 4.78 is 13.6. The summed E-state index contributed by atoms with van der Waals surface area (Å²) >= 11 is 1.98. The molecule has 1 aromatic carbocycles. The zero-order valence-corrected chi connectivity index (χ0v) is 13.7. The first-order chi connectivity index (χ1) is 8.99. The second-order valence-electron chi connectivity index (χ2n) is 4.40. The number of amides is 1. The Morgan fingerprint density at radius 2 is 2.05 bits per heavy atom. The number of halogens is 2. The van der Waals surface area contributed by atoms with E-state index in [1.54, 1.807) is 0 Å². The molecule has 19 heavy (non-hydrogen) atoms. The molecule has 0 fully saturated rings. The Kier molecular flexibility index (Phi) is 6.71. The molecule has 1 aromatic rings. The van der Waals surface area contributed by atoms with Crippen molar-refractivity contribution >= 4 is 28.5 Å². The minimum Gasteiger partial charge on any atom is -0.350 e. The van der Waals surface area contributed by atoms with E-state index < -0.39 is 0 Å². The summed E-state index contributed by atoms with van der Waals surface area (Å²) in [5.41, 5.74) is 0.522. The van der Waals surface area contributed by atoms with Gasteiger partial charge in [0.1, 0.15) is 5.82 Å². The van der Waals surface area contributed by atoms with E-state index in [0.717, 1.165) is 13.1 Å². The van der Waals surface area contributed by atoms with Crippen molar-refractivity contribution in [3.8, 4) is 0 Å². The smallest absolute Gasteiger partial charge is 0.252 e. The minimum absolute atomic E-state index is 0.150. The molecule has 1 amide bonds. The minimum atomic E-state index is -0.322. The van der Waals surface area contributed by atoms with Crippen molar-refractivity contribution in [1.82, 2.24) is 10.2 Å². The lowest BCUT2D eigenvalue weighted by Gasteiger charge is -2.26. The van der Waals surface area contributed by atoms with Crippen LogP contribution in [-0.4, -0.2) is 36.5 Å². The normalized spacial score (nSPS) is 12.5. The van der Waals surface area contributed by atoms with Crippen molar-refractivity contribution in [1.29, 1.82) is 0 Å². The Hall–Kier alpha value is -0.690. The fourth-order valence-electron chi connectivity index (χ4n) is 1.99. The first kappa shape index (κ1) is 16.4. The van der Waals surface area contributed by atoms with Crippen LogP contribution >= 0.6 is 22.6 Å². The highest BCUT2D eigenvalue weighted by atomic mass is 127. The molecule has 0 radical (unpaired) electrons. The van der Waals surface area contributed by atoms with Crippen molar-refractivity contribution in [2.75, 3.05) is 19.6 Å². The van der Waals surface area contributed by atoms with E-state index >= 15 is 0 Å². The van der Waals surface area contributed by atoms with Crippen LogP contribution < -0.4 is 5.32 Å². The number of hydrogen-bond acceptors (Lipinski definition) is 2. The van der Waals surface area contributed by atoms with E-state index in [1.807, 2.05) is 22.6 Å². The SMILES string of the molecule is CCN(CC)[C@H](C)CNC(=O)c1ccc(F)cc1I. The molecular formula is C14H20FIN2O. The predicted octanol–water partition coefficient (Wildman–Crippen LogP) is 2.89. The Labute approximate surface area is 127 Å². The molecule has 1 N–H and O–H groups in total. The third-order valence-electron chi connectivity index (χ3n) is 3.17. The highest BCUT2D eigenvalue weighted by Gasteiger charge is 2.14. The van der Waals surface area contributed by atoms with Gasteiger partial charge in [-0.25, -0.2) is 4.39 Å². The summed E-state index contributed by atoms with van der Waals surface area (Å²) in [5.74, 6) is -0.471. The van der Waals surface area contributed by atoms with Crippen molar-refractivity contribution in [2.24, 2.45) is 0 Å². The van der Waals surface area contributed by atoms with E-state index in [4.69, 9.17) is 0 Å². The van der Waals surface area contributed by atoms with Crippen LogP contribution in [0.15, 0.2) is 18.2 Å². The zero-order chi connectivity index (χ0) is 14.4. The van der Waals surface area contributed by atoms with E-state index in [-0.39, 0.29) is 17.8 Å². The van der Waals surface area contributed by atoms with Gasteiger partial charge in [0.2, 0.25) is 0 Å². The molecule has 0 heterocycles. The Balaban J connectivity index is 2.60. The van der Waals surface area contributed by atoms with Gasteiger partial charge in [-0.3, -0.25) is 9.69 Å². The van der Waals surface area contributed by atoms with Crippen LogP contribution in [0.4, 0.5) is 4.39 Å². The molecule has 3 nitrogen and oxygen atoms in total. The van der Waals surface area contributed by atoms with Gasteiger partial charge >= 0.3 is 0 Å². The standard InChI is InChI=1S/C14H20FIN2O/c1-4-18(5-2)10(3)9-17-14(19)12-7-6-11(15)8-13(12)16/h6-8,10H,4-5,9H2,1-3H3,(H,17,19)/t10-/m1/s1. The number of nitrogens with one attached hydrogen (secondary N) is 1. The molecule has 0 aliphatic heterocycles. The van der Waals surface area contributed by atoms with Crippen LogP contribution in [0.25, 0.3) is 0 Å². The van der Waals surface area contributed by atoms with Gasteiger partial charge in [0, 0.05) is 16.2 Å². The molecule has 0 saturated carbocycles. The van der Waals surface area contributed by atoms with Crippen molar-refractivity contribution in [3.63, 3.8) is 0 Å². The van der Waals surface area contributed by atoms with Crippen molar-refractivity contribution < 1.29 is 9.18 Å². The Morgan fingerprint density at radius 1 is 1.42 bits per heavy atom. The van der Waals surface area contributed by atoms with Gasteiger partial charge in [0.15, 0.2) is 0 Å². The van der Waals surface area contributed by atoms with Crippen LogP contribution in [0.5, 0.6) is 0 Å². The van der Waals surface area contributed by atoms with Gasteiger partial charge in [-0.2, -0.15) is 0 Å². The van der Waals surface area contributed by atoms with E-state index in [2.05, 4.69) is 31.0 Å². The molecule has 0 bridgehead atoms. The lowest BCUT2D eigenvalue weighted by Crippen LogP contribution is -2.42. The van der Waals surface area contributed by atoms with Crippen LogP contribution in [0, 0.1) is 9.39 Å². The van der Waals surface area contributed by atoms with Crippen molar-refractivity contribution in [3.05, 3.63) is 33.1 Å². The summed E-state index contributed by atoms with van der Waals surface area (Å²) in [6, 6.07) is 4.49. The van der Waals surface area contributed by atoms with Gasteiger partial charge in [-0.1, -0.05) is 13.8 Å². The number of carbonyl (C=O) groups excluding carboxylic acids is 1. The highest BCUT2D eigenvalue weighted by Crippen LogP contribution is 2.13. The number of benzene rings is 1. The summed E-state index contributed by atoms with van der Waals surface area (Å²) in [7, 11) is 0. The third kappa shape index (κ3) is 4.72. The maximum atomic E-state index is 13.0.